The molecule has 0 saturated carbocycles. The Hall–Kier alpha value is -1.38. The van der Waals surface area contributed by atoms with E-state index in [1.807, 2.05) is 26.8 Å². The van der Waals surface area contributed by atoms with Crippen LogP contribution in [0.15, 0.2) is 18.5 Å². The summed E-state index contributed by atoms with van der Waals surface area (Å²) in [5.74, 6) is 1.14. The third-order valence-corrected chi connectivity index (χ3v) is 1.87. The van der Waals surface area contributed by atoms with Gasteiger partial charge < -0.3 is 5.73 Å². The Morgan fingerprint density at radius 1 is 1.40 bits per heavy atom. The van der Waals surface area contributed by atoms with Gasteiger partial charge in [0.15, 0.2) is 5.82 Å². The summed E-state index contributed by atoms with van der Waals surface area (Å²) in [6.45, 7) is 10.1. The van der Waals surface area contributed by atoms with Crippen LogP contribution in [-0.2, 0) is 0 Å². The second kappa shape index (κ2) is 6.98. The smallest absolute Gasteiger partial charge is 0.156 e. The van der Waals surface area contributed by atoms with Crippen LogP contribution >= 0.6 is 0 Å². The van der Waals surface area contributed by atoms with Gasteiger partial charge in [0, 0.05) is 23.7 Å². The molecule has 0 spiro atoms. The molecule has 0 aliphatic rings. The molecule has 1 aromatic heterocycles. The van der Waals surface area contributed by atoms with Gasteiger partial charge in [-0.3, -0.25) is 0 Å². The van der Waals surface area contributed by atoms with Gasteiger partial charge in [0.1, 0.15) is 0 Å². The predicted molar refractivity (Wildman–Crippen MR) is 65.3 cm³/mol. The zero-order valence-electron chi connectivity index (χ0n) is 10.3. The van der Waals surface area contributed by atoms with Crippen LogP contribution in [-0.4, -0.2) is 9.97 Å². The summed E-state index contributed by atoms with van der Waals surface area (Å²) in [7, 11) is 0. The number of hydrogen-bond acceptors (Lipinski definition) is 3. The average molecular weight is 207 g/mol. The molecule has 84 valence electrons. The maximum absolute atomic E-state index is 5.39. The summed E-state index contributed by atoms with van der Waals surface area (Å²) in [6, 6.07) is 1.93. The van der Waals surface area contributed by atoms with E-state index < -0.39 is 0 Å². The molecule has 2 N–H and O–H groups in total. The maximum Gasteiger partial charge on any atom is 0.156 e. The van der Waals surface area contributed by atoms with Crippen LogP contribution in [0.2, 0.25) is 0 Å². The lowest BCUT2D eigenvalue weighted by Crippen LogP contribution is -1.99. The Morgan fingerprint density at radius 3 is 2.47 bits per heavy atom. The fourth-order valence-electron chi connectivity index (χ4n) is 0.959. The average Bonchev–Trinajstić information content (AvgIpc) is 2.30. The quantitative estimate of drug-likeness (QED) is 0.811. The molecule has 1 rings (SSSR count). The van der Waals surface area contributed by atoms with E-state index in [1.165, 1.54) is 6.20 Å². The van der Waals surface area contributed by atoms with Gasteiger partial charge in [-0.1, -0.05) is 27.7 Å². The molecule has 0 aliphatic carbocycles. The monoisotopic (exact) mass is 207 g/mol. The normalized spacial score (nSPS) is 10.9. The molecule has 1 aromatic rings. The molecule has 15 heavy (non-hydrogen) atoms. The van der Waals surface area contributed by atoms with E-state index in [9.17, 15) is 0 Å². The van der Waals surface area contributed by atoms with Crippen molar-refractivity contribution in [1.29, 1.82) is 0 Å². The van der Waals surface area contributed by atoms with Crippen LogP contribution in [0, 0.1) is 0 Å². The van der Waals surface area contributed by atoms with Crippen molar-refractivity contribution in [2.24, 2.45) is 5.73 Å². The van der Waals surface area contributed by atoms with E-state index >= 15 is 0 Å². The zero-order chi connectivity index (χ0) is 11.8. The van der Waals surface area contributed by atoms with Crippen LogP contribution in [0.25, 0.3) is 5.57 Å². The Labute approximate surface area is 92.4 Å². The van der Waals surface area contributed by atoms with Crippen molar-refractivity contribution < 1.29 is 0 Å². The molecule has 0 atom stereocenters. The van der Waals surface area contributed by atoms with Gasteiger partial charge >= 0.3 is 0 Å². The third kappa shape index (κ3) is 4.11. The summed E-state index contributed by atoms with van der Waals surface area (Å²) in [4.78, 5) is 8.52. The minimum atomic E-state index is 0.423. The largest absolute Gasteiger partial charge is 0.404 e. The van der Waals surface area contributed by atoms with Crippen LogP contribution in [0.4, 0.5) is 0 Å². The first-order chi connectivity index (χ1) is 7.15. The lowest BCUT2D eigenvalue weighted by molar-refractivity contribution is 0.809. The minimum Gasteiger partial charge on any atom is -0.404 e. The van der Waals surface area contributed by atoms with E-state index in [2.05, 4.69) is 23.8 Å². The third-order valence-electron chi connectivity index (χ3n) is 1.87. The number of aromatic nitrogens is 2. The van der Waals surface area contributed by atoms with Crippen molar-refractivity contribution in [2.75, 3.05) is 0 Å². The molecule has 3 nitrogen and oxygen atoms in total. The molecule has 0 fully saturated rings. The molecule has 0 unspecified atom stereocenters. The van der Waals surface area contributed by atoms with Gasteiger partial charge in [0.25, 0.3) is 0 Å². The summed E-state index contributed by atoms with van der Waals surface area (Å²) in [6.07, 6.45) is 3.30. The number of rotatable bonds is 2. The highest BCUT2D eigenvalue weighted by atomic mass is 14.9. The number of nitrogens with zero attached hydrogens (tertiary/aromatic N) is 2. The number of allylic oxidation sites excluding steroid dienone is 1. The second-order valence-corrected chi connectivity index (χ2v) is 3.31. The van der Waals surface area contributed by atoms with Crippen LogP contribution < -0.4 is 5.73 Å². The van der Waals surface area contributed by atoms with E-state index in [1.54, 1.807) is 6.20 Å². The molecular weight excluding hydrogens is 186 g/mol. The zero-order valence-corrected chi connectivity index (χ0v) is 10.3. The molecule has 3 heteroatoms. The number of nitrogens with two attached hydrogens (primary N) is 1. The standard InChI is InChI=1S/C10H15N3.C2H6/c1-7(2)9-4-5-12-10(13-9)8(3)6-11;1-2/h4-7H,11H2,1-3H3;1-2H3/b8-6-;. The second-order valence-electron chi connectivity index (χ2n) is 3.31. The fourth-order valence-corrected chi connectivity index (χ4v) is 0.959. The molecular formula is C12H21N3. The van der Waals surface area contributed by atoms with Crippen molar-refractivity contribution in [3.63, 3.8) is 0 Å². The lowest BCUT2D eigenvalue weighted by Gasteiger charge is -2.05. The number of hydrogen-bond donors (Lipinski definition) is 1. The van der Waals surface area contributed by atoms with Crippen LogP contribution in [0.1, 0.15) is 52.1 Å². The molecule has 0 amide bonds. The summed E-state index contributed by atoms with van der Waals surface area (Å²) in [5, 5.41) is 0. The molecule has 0 aromatic carbocycles. The maximum atomic E-state index is 5.39. The first-order valence-electron chi connectivity index (χ1n) is 5.37. The van der Waals surface area contributed by atoms with E-state index in [0.29, 0.717) is 11.7 Å². The summed E-state index contributed by atoms with van der Waals surface area (Å²) >= 11 is 0. The lowest BCUT2D eigenvalue weighted by atomic mass is 10.1. The molecule has 1 heterocycles. The highest BCUT2D eigenvalue weighted by Gasteiger charge is 2.03. The highest BCUT2D eigenvalue weighted by Crippen LogP contribution is 2.13. The Morgan fingerprint density at radius 2 is 2.00 bits per heavy atom. The fraction of sp³-hybridized carbons (Fsp3) is 0.500. The van der Waals surface area contributed by atoms with Crippen molar-refractivity contribution in [3.8, 4) is 0 Å². The first kappa shape index (κ1) is 13.6. The van der Waals surface area contributed by atoms with Crippen molar-refractivity contribution in [3.05, 3.63) is 30.0 Å². The van der Waals surface area contributed by atoms with Gasteiger partial charge in [-0.25, -0.2) is 9.97 Å². The Balaban J connectivity index is 0.000000921. The van der Waals surface area contributed by atoms with E-state index in [-0.39, 0.29) is 0 Å². The summed E-state index contributed by atoms with van der Waals surface area (Å²) in [5.41, 5.74) is 7.34. The van der Waals surface area contributed by atoms with Crippen molar-refractivity contribution in [1.82, 2.24) is 9.97 Å². The van der Waals surface area contributed by atoms with Crippen LogP contribution in [0.3, 0.4) is 0 Å². The van der Waals surface area contributed by atoms with E-state index in [4.69, 9.17) is 5.73 Å². The van der Waals surface area contributed by atoms with Gasteiger partial charge in [-0.15, -0.1) is 0 Å². The Bertz CT molecular complexity index is 316. The highest BCUT2D eigenvalue weighted by molar-refractivity contribution is 5.56. The Kier molecular flexibility index (Phi) is 6.34. The van der Waals surface area contributed by atoms with Gasteiger partial charge in [0.2, 0.25) is 0 Å². The van der Waals surface area contributed by atoms with Crippen molar-refractivity contribution >= 4 is 5.57 Å². The predicted octanol–water partition coefficient (Wildman–Crippen LogP) is 2.95. The van der Waals surface area contributed by atoms with Crippen molar-refractivity contribution in [2.45, 2.75) is 40.5 Å². The van der Waals surface area contributed by atoms with Gasteiger partial charge in [0.05, 0.1) is 0 Å². The van der Waals surface area contributed by atoms with Crippen LogP contribution in [0.5, 0.6) is 0 Å². The topological polar surface area (TPSA) is 51.8 Å². The minimum absolute atomic E-state index is 0.423. The molecule has 0 radical (unpaired) electrons. The SMILES string of the molecule is C/C(=C/N)c1nccc(C(C)C)n1.CC. The van der Waals surface area contributed by atoms with Gasteiger partial charge in [-0.05, 0) is 18.9 Å². The molecule has 0 bridgehead atoms. The van der Waals surface area contributed by atoms with E-state index in [0.717, 1.165) is 11.3 Å². The first-order valence-corrected chi connectivity index (χ1v) is 5.37. The molecule has 0 aliphatic heterocycles. The van der Waals surface area contributed by atoms with Gasteiger partial charge in [-0.2, -0.15) is 0 Å². The summed E-state index contributed by atoms with van der Waals surface area (Å²) < 4.78 is 0. The molecule has 0 saturated heterocycles.